The Bertz CT molecular complexity index is 1050. The molecule has 0 N–H and O–H groups in total. The predicted octanol–water partition coefficient (Wildman–Crippen LogP) is 2.15. The van der Waals surface area contributed by atoms with Crippen molar-refractivity contribution >= 4 is 11.8 Å². The van der Waals surface area contributed by atoms with Gasteiger partial charge in [-0.25, -0.2) is 4.39 Å². The van der Waals surface area contributed by atoms with Crippen LogP contribution in [0.25, 0.3) is 0 Å². The number of amides is 2. The van der Waals surface area contributed by atoms with Crippen LogP contribution in [0.1, 0.15) is 20.7 Å². The number of methoxy groups -OCH3 is 3. The van der Waals surface area contributed by atoms with E-state index in [-0.39, 0.29) is 23.7 Å². The zero-order valence-electron chi connectivity index (χ0n) is 20.9. The number of halogens is 1. The molecule has 2 amide bonds. The second-order valence-electron chi connectivity index (χ2n) is 8.76. The summed E-state index contributed by atoms with van der Waals surface area (Å²) in [5.74, 6) is 0.735. The standard InChI is InChI=1S/C26H32FN3O6/c1-33-22-14-19(15-23(34-2)24(22)35-3)26(32)29-10-8-28(9-11-29)16-21-17-30(12-13-36-21)25(31)18-4-6-20(27)7-5-18/h4-7,14-15,21H,8-13,16-17H2,1-3H3. The largest absolute Gasteiger partial charge is 0.493 e. The number of piperazine rings is 1. The maximum absolute atomic E-state index is 13.2. The van der Waals surface area contributed by atoms with Gasteiger partial charge in [-0.1, -0.05) is 0 Å². The van der Waals surface area contributed by atoms with Crippen LogP contribution in [0.3, 0.4) is 0 Å². The number of nitrogens with zero attached hydrogens (tertiary/aromatic N) is 3. The molecule has 2 aromatic rings. The number of morpholine rings is 1. The molecule has 2 heterocycles. The summed E-state index contributed by atoms with van der Waals surface area (Å²) in [6.45, 7) is 4.63. The van der Waals surface area contributed by atoms with Crippen molar-refractivity contribution in [3.8, 4) is 17.2 Å². The molecule has 1 atom stereocenters. The highest BCUT2D eigenvalue weighted by molar-refractivity contribution is 5.96. The van der Waals surface area contributed by atoms with Gasteiger partial charge in [0.15, 0.2) is 11.5 Å². The summed E-state index contributed by atoms with van der Waals surface area (Å²) in [5, 5.41) is 0. The first-order valence-electron chi connectivity index (χ1n) is 11.9. The zero-order chi connectivity index (χ0) is 25.7. The number of benzene rings is 2. The molecule has 2 aromatic carbocycles. The zero-order valence-corrected chi connectivity index (χ0v) is 20.9. The molecule has 2 fully saturated rings. The molecule has 0 aromatic heterocycles. The lowest BCUT2D eigenvalue weighted by molar-refractivity contribution is -0.0400. The van der Waals surface area contributed by atoms with Crippen LogP contribution in [0.5, 0.6) is 17.2 Å². The van der Waals surface area contributed by atoms with Crippen molar-refractivity contribution in [2.24, 2.45) is 0 Å². The number of rotatable bonds is 7. The fraction of sp³-hybridized carbons (Fsp3) is 0.462. The van der Waals surface area contributed by atoms with Crippen LogP contribution < -0.4 is 14.2 Å². The van der Waals surface area contributed by atoms with E-state index in [4.69, 9.17) is 18.9 Å². The van der Waals surface area contributed by atoms with E-state index in [2.05, 4.69) is 4.90 Å². The van der Waals surface area contributed by atoms with Gasteiger partial charge in [-0.05, 0) is 36.4 Å². The number of carbonyl (C=O) groups excluding carboxylic acids is 2. The number of ether oxygens (including phenoxy) is 4. The van der Waals surface area contributed by atoms with Crippen molar-refractivity contribution in [3.63, 3.8) is 0 Å². The van der Waals surface area contributed by atoms with Crippen LogP contribution in [0.15, 0.2) is 36.4 Å². The van der Waals surface area contributed by atoms with Crippen LogP contribution >= 0.6 is 0 Å². The molecule has 0 spiro atoms. The summed E-state index contributed by atoms with van der Waals surface area (Å²) in [4.78, 5) is 31.8. The topological polar surface area (TPSA) is 80.8 Å². The minimum atomic E-state index is -0.366. The molecule has 9 nitrogen and oxygen atoms in total. The fourth-order valence-electron chi connectivity index (χ4n) is 4.60. The molecule has 4 rings (SSSR count). The van der Waals surface area contributed by atoms with Gasteiger partial charge in [0.25, 0.3) is 11.8 Å². The Morgan fingerprint density at radius 3 is 2.06 bits per heavy atom. The van der Waals surface area contributed by atoms with Gasteiger partial charge in [0.2, 0.25) is 5.75 Å². The molecule has 0 saturated carbocycles. The highest BCUT2D eigenvalue weighted by atomic mass is 19.1. The molecule has 194 valence electrons. The molecule has 1 unspecified atom stereocenters. The van der Waals surface area contributed by atoms with Crippen molar-refractivity contribution < 1.29 is 32.9 Å². The average molecular weight is 502 g/mol. The van der Waals surface area contributed by atoms with Crippen LogP contribution in [0, 0.1) is 5.82 Å². The third-order valence-electron chi connectivity index (χ3n) is 6.55. The van der Waals surface area contributed by atoms with Gasteiger partial charge in [-0.3, -0.25) is 14.5 Å². The quantitative estimate of drug-likeness (QED) is 0.575. The lowest BCUT2D eigenvalue weighted by Gasteiger charge is -2.39. The Hall–Kier alpha value is -3.37. The molecule has 2 aliphatic rings. The van der Waals surface area contributed by atoms with E-state index in [0.717, 1.165) is 0 Å². The van der Waals surface area contributed by atoms with Gasteiger partial charge in [-0.2, -0.15) is 0 Å². The van der Waals surface area contributed by atoms with E-state index >= 15 is 0 Å². The van der Waals surface area contributed by atoms with Crippen LogP contribution in [-0.4, -0.2) is 106 Å². The smallest absolute Gasteiger partial charge is 0.254 e. The summed E-state index contributed by atoms with van der Waals surface area (Å²) >= 11 is 0. The summed E-state index contributed by atoms with van der Waals surface area (Å²) < 4.78 is 35.2. The van der Waals surface area contributed by atoms with Gasteiger partial charge in [0, 0.05) is 56.9 Å². The second kappa shape index (κ2) is 11.6. The highest BCUT2D eigenvalue weighted by Crippen LogP contribution is 2.38. The molecule has 36 heavy (non-hydrogen) atoms. The maximum Gasteiger partial charge on any atom is 0.254 e. The molecule has 10 heteroatoms. The monoisotopic (exact) mass is 501 g/mol. The third kappa shape index (κ3) is 5.71. The summed E-state index contributed by atoms with van der Waals surface area (Å²) in [6.07, 6.45) is -0.125. The van der Waals surface area contributed by atoms with Gasteiger partial charge < -0.3 is 28.7 Å². The first kappa shape index (κ1) is 25.7. The van der Waals surface area contributed by atoms with Gasteiger partial charge in [0.1, 0.15) is 5.82 Å². The van der Waals surface area contributed by atoms with E-state index in [1.54, 1.807) is 17.0 Å². The Labute approximate surface area is 210 Å². The molecule has 2 aliphatic heterocycles. The third-order valence-corrected chi connectivity index (χ3v) is 6.55. The Kier molecular flexibility index (Phi) is 8.27. The van der Waals surface area contributed by atoms with Gasteiger partial charge in [0.05, 0.1) is 34.0 Å². The SMILES string of the molecule is COc1cc(C(=O)N2CCN(CC3CN(C(=O)c4ccc(F)cc4)CCO3)CC2)cc(OC)c1OC. The van der Waals surface area contributed by atoms with Crippen molar-refractivity contribution in [2.75, 3.05) is 73.7 Å². The molecule has 0 radical (unpaired) electrons. The Morgan fingerprint density at radius 2 is 1.47 bits per heavy atom. The van der Waals surface area contributed by atoms with E-state index in [1.165, 1.54) is 45.6 Å². The normalized spacial score (nSPS) is 18.6. The molecular weight excluding hydrogens is 469 g/mol. The van der Waals surface area contributed by atoms with Crippen LogP contribution in [-0.2, 0) is 4.74 Å². The summed E-state index contributed by atoms with van der Waals surface area (Å²) in [7, 11) is 4.56. The highest BCUT2D eigenvalue weighted by Gasteiger charge is 2.29. The maximum atomic E-state index is 13.2. The van der Waals surface area contributed by atoms with Crippen molar-refractivity contribution in [2.45, 2.75) is 6.10 Å². The van der Waals surface area contributed by atoms with E-state index in [9.17, 15) is 14.0 Å². The van der Waals surface area contributed by atoms with Crippen molar-refractivity contribution in [1.29, 1.82) is 0 Å². The van der Waals surface area contributed by atoms with Crippen LogP contribution in [0.2, 0.25) is 0 Å². The van der Waals surface area contributed by atoms with E-state index in [1.807, 2.05) is 4.90 Å². The van der Waals surface area contributed by atoms with E-state index in [0.29, 0.717) is 80.8 Å². The Balaban J connectivity index is 1.32. The lowest BCUT2D eigenvalue weighted by atomic mass is 10.1. The first-order valence-corrected chi connectivity index (χ1v) is 11.9. The van der Waals surface area contributed by atoms with Crippen LogP contribution in [0.4, 0.5) is 4.39 Å². The molecular formula is C26H32FN3O6. The average Bonchev–Trinajstić information content (AvgIpc) is 2.92. The lowest BCUT2D eigenvalue weighted by Crippen LogP contribution is -2.54. The van der Waals surface area contributed by atoms with E-state index < -0.39 is 0 Å². The second-order valence-corrected chi connectivity index (χ2v) is 8.76. The van der Waals surface area contributed by atoms with Crippen molar-refractivity contribution in [1.82, 2.24) is 14.7 Å². The first-order chi connectivity index (χ1) is 17.4. The van der Waals surface area contributed by atoms with Crippen molar-refractivity contribution in [3.05, 3.63) is 53.3 Å². The number of carbonyl (C=O) groups is 2. The fourth-order valence-corrected chi connectivity index (χ4v) is 4.60. The molecule has 2 saturated heterocycles. The predicted molar refractivity (Wildman–Crippen MR) is 130 cm³/mol. The van der Waals surface area contributed by atoms with Gasteiger partial charge in [-0.15, -0.1) is 0 Å². The Morgan fingerprint density at radius 1 is 0.861 bits per heavy atom. The summed E-state index contributed by atoms with van der Waals surface area (Å²) in [5.41, 5.74) is 0.944. The summed E-state index contributed by atoms with van der Waals surface area (Å²) in [6, 6.07) is 8.93. The van der Waals surface area contributed by atoms with Gasteiger partial charge >= 0.3 is 0 Å². The molecule has 0 aliphatic carbocycles. The number of hydrogen-bond acceptors (Lipinski definition) is 7. The minimum absolute atomic E-state index is 0.0983. The molecule has 0 bridgehead atoms. The minimum Gasteiger partial charge on any atom is -0.493 e. The number of hydrogen-bond donors (Lipinski definition) is 0.